The first-order chi connectivity index (χ1) is 9.38. The standard InChI is InChI=1S/C12H10FN3O3S/c13-8-1-4-10(5-2-8)20(18,19)16-9-3-6-11(12(14)17)15-7-9/h1-7,16H,(H2,14,17). The van der Waals surface area contributed by atoms with Crippen LogP contribution in [0.15, 0.2) is 47.5 Å². The van der Waals surface area contributed by atoms with E-state index in [4.69, 9.17) is 5.73 Å². The molecule has 20 heavy (non-hydrogen) atoms. The zero-order valence-electron chi connectivity index (χ0n) is 10.1. The van der Waals surface area contributed by atoms with E-state index in [0.717, 1.165) is 24.3 Å². The molecule has 0 bridgehead atoms. The van der Waals surface area contributed by atoms with Crippen molar-refractivity contribution < 1.29 is 17.6 Å². The molecule has 1 aromatic heterocycles. The fourth-order valence-electron chi connectivity index (χ4n) is 1.43. The van der Waals surface area contributed by atoms with Crippen LogP contribution in [0.3, 0.4) is 0 Å². The van der Waals surface area contributed by atoms with Crippen molar-refractivity contribution in [1.82, 2.24) is 4.98 Å². The van der Waals surface area contributed by atoms with Crippen molar-refractivity contribution in [2.24, 2.45) is 5.73 Å². The molecule has 0 radical (unpaired) electrons. The van der Waals surface area contributed by atoms with Crippen LogP contribution in [0.1, 0.15) is 10.5 Å². The number of hydrogen-bond donors (Lipinski definition) is 2. The Morgan fingerprint density at radius 1 is 1.15 bits per heavy atom. The second kappa shape index (κ2) is 5.25. The van der Waals surface area contributed by atoms with Gasteiger partial charge in [-0.3, -0.25) is 9.52 Å². The van der Waals surface area contributed by atoms with E-state index >= 15 is 0 Å². The number of pyridine rings is 1. The normalized spacial score (nSPS) is 11.1. The summed E-state index contributed by atoms with van der Waals surface area (Å²) < 4.78 is 39.0. The first-order valence-corrected chi connectivity index (χ1v) is 6.91. The Balaban J connectivity index is 2.24. The number of hydrogen-bond acceptors (Lipinski definition) is 4. The summed E-state index contributed by atoms with van der Waals surface area (Å²) in [5.74, 6) is -1.24. The van der Waals surface area contributed by atoms with Gasteiger partial charge in [-0.05, 0) is 36.4 Å². The molecule has 0 unspecified atom stereocenters. The zero-order chi connectivity index (χ0) is 14.8. The van der Waals surface area contributed by atoms with Crippen LogP contribution in [0.5, 0.6) is 0 Å². The van der Waals surface area contributed by atoms with Crippen LogP contribution >= 0.6 is 0 Å². The minimum absolute atomic E-state index is 0.0229. The molecule has 8 heteroatoms. The molecule has 0 aliphatic rings. The molecule has 0 saturated carbocycles. The molecule has 0 atom stereocenters. The van der Waals surface area contributed by atoms with Crippen LogP contribution < -0.4 is 10.5 Å². The highest BCUT2D eigenvalue weighted by atomic mass is 32.2. The molecule has 0 saturated heterocycles. The van der Waals surface area contributed by atoms with Gasteiger partial charge in [0.15, 0.2) is 0 Å². The van der Waals surface area contributed by atoms with Gasteiger partial charge in [0, 0.05) is 0 Å². The Labute approximate surface area is 114 Å². The van der Waals surface area contributed by atoms with Gasteiger partial charge in [-0.1, -0.05) is 0 Å². The lowest BCUT2D eigenvalue weighted by Gasteiger charge is -2.07. The molecule has 1 aromatic carbocycles. The minimum atomic E-state index is -3.84. The second-order valence-corrected chi connectivity index (χ2v) is 5.54. The zero-order valence-corrected chi connectivity index (χ0v) is 10.9. The number of halogens is 1. The number of benzene rings is 1. The Kier molecular flexibility index (Phi) is 3.66. The predicted molar refractivity (Wildman–Crippen MR) is 70.0 cm³/mol. The van der Waals surface area contributed by atoms with E-state index in [9.17, 15) is 17.6 Å². The Hall–Kier alpha value is -2.48. The summed E-state index contributed by atoms with van der Waals surface area (Å²) in [5.41, 5.74) is 5.21. The molecule has 0 aliphatic carbocycles. The van der Waals surface area contributed by atoms with Gasteiger partial charge in [0.25, 0.3) is 15.9 Å². The minimum Gasteiger partial charge on any atom is -0.364 e. The Bertz CT molecular complexity index is 728. The number of nitrogens with two attached hydrogens (primary N) is 1. The first-order valence-electron chi connectivity index (χ1n) is 5.43. The van der Waals surface area contributed by atoms with Crippen molar-refractivity contribution >= 4 is 21.6 Å². The van der Waals surface area contributed by atoms with E-state index in [1.807, 2.05) is 0 Å². The van der Waals surface area contributed by atoms with Gasteiger partial charge in [-0.15, -0.1) is 0 Å². The monoisotopic (exact) mass is 295 g/mol. The highest BCUT2D eigenvalue weighted by Crippen LogP contribution is 2.15. The molecule has 104 valence electrons. The summed E-state index contributed by atoms with van der Waals surface area (Å²) in [5, 5.41) is 0. The van der Waals surface area contributed by atoms with Crippen molar-refractivity contribution in [2.45, 2.75) is 4.90 Å². The largest absolute Gasteiger partial charge is 0.364 e. The molecule has 0 spiro atoms. The van der Waals surface area contributed by atoms with E-state index in [-0.39, 0.29) is 16.3 Å². The van der Waals surface area contributed by atoms with Gasteiger partial charge in [-0.2, -0.15) is 0 Å². The third kappa shape index (κ3) is 3.09. The molecule has 1 amide bonds. The number of nitrogens with one attached hydrogen (secondary N) is 1. The number of carbonyl (C=O) groups is 1. The number of rotatable bonds is 4. The topological polar surface area (TPSA) is 102 Å². The van der Waals surface area contributed by atoms with Gasteiger partial charge in [0.05, 0.1) is 16.8 Å². The van der Waals surface area contributed by atoms with E-state index < -0.39 is 21.7 Å². The number of amides is 1. The molecule has 3 N–H and O–H groups in total. The predicted octanol–water partition coefficient (Wildman–Crippen LogP) is 1.12. The fraction of sp³-hybridized carbons (Fsp3) is 0. The third-order valence-electron chi connectivity index (χ3n) is 2.39. The Morgan fingerprint density at radius 3 is 2.30 bits per heavy atom. The van der Waals surface area contributed by atoms with Crippen molar-refractivity contribution in [3.8, 4) is 0 Å². The maximum Gasteiger partial charge on any atom is 0.267 e. The van der Waals surface area contributed by atoms with Gasteiger partial charge >= 0.3 is 0 Å². The highest BCUT2D eigenvalue weighted by Gasteiger charge is 2.14. The maximum atomic E-state index is 12.8. The number of carbonyl (C=O) groups excluding carboxylic acids is 1. The van der Waals surface area contributed by atoms with Crippen LogP contribution in [0.2, 0.25) is 0 Å². The van der Waals surface area contributed by atoms with Crippen molar-refractivity contribution in [2.75, 3.05) is 4.72 Å². The van der Waals surface area contributed by atoms with Gasteiger partial charge in [0.2, 0.25) is 0 Å². The molecule has 2 aromatic rings. The number of aromatic nitrogens is 1. The van der Waals surface area contributed by atoms with Crippen LogP contribution in [0.4, 0.5) is 10.1 Å². The lowest BCUT2D eigenvalue weighted by molar-refractivity contribution is 0.0995. The number of nitrogens with zero attached hydrogens (tertiary/aromatic N) is 1. The second-order valence-electron chi connectivity index (χ2n) is 3.86. The lowest BCUT2D eigenvalue weighted by atomic mass is 10.3. The SMILES string of the molecule is NC(=O)c1ccc(NS(=O)(=O)c2ccc(F)cc2)cn1. The number of sulfonamides is 1. The smallest absolute Gasteiger partial charge is 0.267 e. The average Bonchev–Trinajstić information content (AvgIpc) is 2.39. The third-order valence-corrected chi connectivity index (χ3v) is 3.79. The number of primary amides is 1. The van der Waals surface area contributed by atoms with Gasteiger partial charge in [-0.25, -0.2) is 17.8 Å². The lowest BCUT2D eigenvalue weighted by Crippen LogP contribution is -2.15. The van der Waals surface area contributed by atoms with E-state index in [1.54, 1.807) is 0 Å². The van der Waals surface area contributed by atoms with E-state index in [2.05, 4.69) is 9.71 Å². The summed E-state index contributed by atoms with van der Waals surface area (Å²) in [6.45, 7) is 0. The van der Waals surface area contributed by atoms with Crippen LogP contribution in [-0.4, -0.2) is 19.3 Å². The van der Waals surface area contributed by atoms with E-state index in [1.165, 1.54) is 18.3 Å². The molecular formula is C12H10FN3O3S. The Morgan fingerprint density at radius 2 is 1.80 bits per heavy atom. The van der Waals surface area contributed by atoms with Gasteiger partial charge < -0.3 is 5.73 Å². The molecule has 0 fully saturated rings. The summed E-state index contributed by atoms with van der Waals surface area (Å²) in [4.78, 5) is 14.5. The summed E-state index contributed by atoms with van der Waals surface area (Å²) >= 11 is 0. The molecule has 1 heterocycles. The van der Waals surface area contributed by atoms with Crippen LogP contribution in [0, 0.1) is 5.82 Å². The molecule has 2 rings (SSSR count). The van der Waals surface area contributed by atoms with Crippen LogP contribution in [-0.2, 0) is 10.0 Å². The van der Waals surface area contributed by atoms with Crippen molar-refractivity contribution in [1.29, 1.82) is 0 Å². The summed E-state index contributed by atoms with van der Waals surface area (Å²) in [7, 11) is -3.84. The average molecular weight is 295 g/mol. The quantitative estimate of drug-likeness (QED) is 0.882. The van der Waals surface area contributed by atoms with E-state index in [0.29, 0.717) is 0 Å². The number of anilines is 1. The highest BCUT2D eigenvalue weighted by molar-refractivity contribution is 7.92. The van der Waals surface area contributed by atoms with Crippen molar-refractivity contribution in [3.63, 3.8) is 0 Å². The van der Waals surface area contributed by atoms with Gasteiger partial charge in [0.1, 0.15) is 11.5 Å². The summed E-state index contributed by atoms with van der Waals surface area (Å²) in [6, 6.07) is 7.02. The molecule has 0 aliphatic heterocycles. The fourth-order valence-corrected chi connectivity index (χ4v) is 2.47. The molecular weight excluding hydrogens is 285 g/mol. The summed E-state index contributed by atoms with van der Waals surface area (Å²) in [6.07, 6.45) is 1.17. The van der Waals surface area contributed by atoms with Crippen LogP contribution in [0.25, 0.3) is 0 Å². The maximum absolute atomic E-state index is 12.8. The molecule has 6 nitrogen and oxygen atoms in total. The van der Waals surface area contributed by atoms with Crippen molar-refractivity contribution in [3.05, 3.63) is 54.1 Å². The first kappa shape index (κ1) is 13.9.